The molecule has 0 radical (unpaired) electrons. The zero-order valence-corrected chi connectivity index (χ0v) is 14.4. The van der Waals surface area contributed by atoms with E-state index in [0.29, 0.717) is 12.0 Å². The minimum absolute atomic E-state index is 0.448. The van der Waals surface area contributed by atoms with Gasteiger partial charge in [0.1, 0.15) is 0 Å². The van der Waals surface area contributed by atoms with Gasteiger partial charge in [-0.3, -0.25) is 4.90 Å². The molecule has 1 fully saturated rings. The number of hydrogen-bond donors (Lipinski definition) is 1. The van der Waals surface area contributed by atoms with Crippen molar-refractivity contribution in [2.24, 2.45) is 5.92 Å². The largest absolute Gasteiger partial charge is 0.309 e. The van der Waals surface area contributed by atoms with E-state index in [0.717, 1.165) is 25.0 Å². The van der Waals surface area contributed by atoms with Crippen molar-refractivity contribution in [3.8, 4) is 0 Å². The van der Waals surface area contributed by atoms with Crippen LogP contribution in [0.4, 0.5) is 0 Å². The molecule has 0 aromatic heterocycles. The highest BCUT2D eigenvalue weighted by atomic mass is 15.2. The Balaban J connectivity index is 2.07. The summed E-state index contributed by atoms with van der Waals surface area (Å²) >= 11 is 0. The molecule has 1 aromatic carbocycles. The lowest BCUT2D eigenvalue weighted by atomic mass is 9.98. The summed E-state index contributed by atoms with van der Waals surface area (Å²) in [5, 5.41) is 3.67. The van der Waals surface area contributed by atoms with Crippen molar-refractivity contribution in [2.75, 3.05) is 19.6 Å². The lowest BCUT2D eigenvalue weighted by Gasteiger charge is -2.28. The molecule has 0 amide bonds. The van der Waals surface area contributed by atoms with E-state index >= 15 is 0 Å². The summed E-state index contributed by atoms with van der Waals surface area (Å²) in [6, 6.07) is 10.4. The molecule has 21 heavy (non-hydrogen) atoms. The fourth-order valence-electron chi connectivity index (χ4n) is 3.52. The Morgan fingerprint density at radius 2 is 1.76 bits per heavy atom. The zero-order chi connectivity index (χ0) is 15.4. The van der Waals surface area contributed by atoms with Crippen LogP contribution in [0.2, 0.25) is 0 Å². The number of rotatable bonds is 6. The van der Waals surface area contributed by atoms with E-state index in [4.69, 9.17) is 0 Å². The highest BCUT2D eigenvalue weighted by Crippen LogP contribution is 2.26. The second-order valence-corrected chi connectivity index (χ2v) is 7.08. The monoisotopic (exact) mass is 288 g/mol. The van der Waals surface area contributed by atoms with Gasteiger partial charge in [0.15, 0.2) is 0 Å². The van der Waals surface area contributed by atoms with Crippen molar-refractivity contribution in [3.63, 3.8) is 0 Å². The van der Waals surface area contributed by atoms with E-state index < -0.39 is 0 Å². The van der Waals surface area contributed by atoms with E-state index in [1.165, 1.54) is 24.1 Å². The second-order valence-electron chi connectivity index (χ2n) is 7.08. The number of likely N-dealkylation sites (N-methyl/N-ethyl adjacent to an activating group) is 1. The predicted molar refractivity (Wildman–Crippen MR) is 91.8 cm³/mol. The van der Waals surface area contributed by atoms with Crippen LogP contribution in [0.1, 0.15) is 64.1 Å². The summed E-state index contributed by atoms with van der Waals surface area (Å²) < 4.78 is 0. The SMILES string of the molecule is CCNC(CN1CC(C)CC1C)c1ccc(C(C)C)cc1. The molecule has 0 saturated carbocycles. The van der Waals surface area contributed by atoms with Crippen LogP contribution in [-0.2, 0) is 0 Å². The van der Waals surface area contributed by atoms with Crippen molar-refractivity contribution in [1.29, 1.82) is 0 Å². The summed E-state index contributed by atoms with van der Waals surface area (Å²) in [5.74, 6) is 1.45. The molecular weight excluding hydrogens is 256 g/mol. The first-order chi connectivity index (χ1) is 10.0. The molecule has 1 heterocycles. The van der Waals surface area contributed by atoms with Crippen molar-refractivity contribution in [1.82, 2.24) is 10.2 Å². The first-order valence-corrected chi connectivity index (χ1v) is 8.58. The van der Waals surface area contributed by atoms with Gasteiger partial charge in [-0.25, -0.2) is 0 Å². The van der Waals surface area contributed by atoms with Crippen LogP contribution in [0.25, 0.3) is 0 Å². The molecule has 1 aliphatic rings. The van der Waals surface area contributed by atoms with Crippen molar-refractivity contribution >= 4 is 0 Å². The highest BCUT2D eigenvalue weighted by Gasteiger charge is 2.28. The Labute approximate surface area is 130 Å². The molecule has 1 aliphatic heterocycles. The zero-order valence-electron chi connectivity index (χ0n) is 14.4. The molecule has 2 nitrogen and oxygen atoms in total. The summed E-state index contributed by atoms with van der Waals surface area (Å²) in [4.78, 5) is 2.65. The van der Waals surface area contributed by atoms with E-state index in [1.54, 1.807) is 0 Å². The third-order valence-corrected chi connectivity index (χ3v) is 4.79. The maximum Gasteiger partial charge on any atom is 0.0449 e. The summed E-state index contributed by atoms with van der Waals surface area (Å²) in [6.07, 6.45) is 1.34. The van der Waals surface area contributed by atoms with Crippen molar-refractivity contribution < 1.29 is 0 Å². The van der Waals surface area contributed by atoms with Crippen LogP contribution in [0.5, 0.6) is 0 Å². The number of nitrogens with one attached hydrogen (secondary N) is 1. The van der Waals surface area contributed by atoms with Gasteiger partial charge >= 0.3 is 0 Å². The molecule has 3 atom stereocenters. The maximum absolute atomic E-state index is 3.67. The number of benzene rings is 1. The maximum atomic E-state index is 3.67. The lowest BCUT2D eigenvalue weighted by molar-refractivity contribution is 0.235. The first-order valence-electron chi connectivity index (χ1n) is 8.58. The smallest absolute Gasteiger partial charge is 0.0449 e. The van der Waals surface area contributed by atoms with Crippen molar-refractivity contribution in [2.45, 2.75) is 59.0 Å². The van der Waals surface area contributed by atoms with Crippen LogP contribution < -0.4 is 5.32 Å². The van der Waals surface area contributed by atoms with E-state index in [9.17, 15) is 0 Å². The molecule has 1 N–H and O–H groups in total. The third kappa shape index (κ3) is 4.31. The van der Waals surface area contributed by atoms with Crippen LogP contribution >= 0.6 is 0 Å². The summed E-state index contributed by atoms with van der Waals surface area (Å²) in [7, 11) is 0. The van der Waals surface area contributed by atoms with E-state index in [-0.39, 0.29) is 0 Å². The van der Waals surface area contributed by atoms with Gasteiger partial charge < -0.3 is 5.32 Å². The molecule has 3 unspecified atom stereocenters. The normalized spacial score (nSPS) is 24.7. The molecule has 1 aromatic rings. The fraction of sp³-hybridized carbons (Fsp3) is 0.684. The van der Waals surface area contributed by atoms with Crippen molar-refractivity contribution in [3.05, 3.63) is 35.4 Å². The van der Waals surface area contributed by atoms with Gasteiger partial charge in [-0.05, 0) is 42.9 Å². The molecule has 1 saturated heterocycles. The van der Waals surface area contributed by atoms with Crippen LogP contribution in [0.3, 0.4) is 0 Å². The number of hydrogen-bond acceptors (Lipinski definition) is 2. The Hall–Kier alpha value is -0.860. The Morgan fingerprint density at radius 1 is 1.14 bits per heavy atom. The van der Waals surface area contributed by atoms with E-state index in [2.05, 4.69) is 69.1 Å². The molecule has 2 heteroatoms. The van der Waals surface area contributed by atoms with Crippen LogP contribution in [0.15, 0.2) is 24.3 Å². The van der Waals surface area contributed by atoms with Crippen LogP contribution in [0, 0.1) is 5.92 Å². The Bertz CT molecular complexity index is 424. The average Bonchev–Trinajstić information content (AvgIpc) is 2.76. The molecule has 0 bridgehead atoms. The summed E-state index contributed by atoms with van der Waals surface area (Å²) in [5.41, 5.74) is 2.85. The van der Waals surface area contributed by atoms with Gasteiger partial charge in [0.25, 0.3) is 0 Å². The molecule has 118 valence electrons. The minimum atomic E-state index is 0.448. The lowest BCUT2D eigenvalue weighted by Crippen LogP contribution is -2.37. The third-order valence-electron chi connectivity index (χ3n) is 4.79. The molecule has 0 aliphatic carbocycles. The quantitative estimate of drug-likeness (QED) is 0.844. The second kappa shape index (κ2) is 7.42. The van der Waals surface area contributed by atoms with Gasteiger partial charge in [0.2, 0.25) is 0 Å². The van der Waals surface area contributed by atoms with Gasteiger partial charge in [0, 0.05) is 25.2 Å². The van der Waals surface area contributed by atoms with Crippen LogP contribution in [-0.4, -0.2) is 30.6 Å². The topological polar surface area (TPSA) is 15.3 Å². The highest BCUT2D eigenvalue weighted by molar-refractivity contribution is 5.27. The molecule has 0 spiro atoms. The van der Waals surface area contributed by atoms with Gasteiger partial charge in [-0.1, -0.05) is 52.0 Å². The average molecular weight is 288 g/mol. The molecular formula is C19H32N2. The predicted octanol–water partition coefficient (Wildman–Crippen LogP) is 4.19. The Kier molecular flexibility index (Phi) is 5.83. The fourth-order valence-corrected chi connectivity index (χ4v) is 3.52. The number of nitrogens with zero attached hydrogens (tertiary/aromatic N) is 1. The summed E-state index contributed by atoms with van der Waals surface area (Å²) in [6.45, 7) is 14.8. The first kappa shape index (κ1) is 16.5. The Morgan fingerprint density at radius 3 is 2.24 bits per heavy atom. The molecule has 2 rings (SSSR count). The standard InChI is InChI=1S/C19H32N2/c1-6-20-19(13-21-12-15(4)11-16(21)5)18-9-7-17(8-10-18)14(2)3/h7-10,14-16,19-20H,6,11-13H2,1-5H3. The van der Waals surface area contributed by atoms with Gasteiger partial charge in [0.05, 0.1) is 0 Å². The minimum Gasteiger partial charge on any atom is -0.309 e. The van der Waals surface area contributed by atoms with E-state index in [1.807, 2.05) is 0 Å². The number of likely N-dealkylation sites (tertiary alicyclic amines) is 1. The van der Waals surface area contributed by atoms with Gasteiger partial charge in [-0.2, -0.15) is 0 Å². The van der Waals surface area contributed by atoms with Gasteiger partial charge in [-0.15, -0.1) is 0 Å².